The van der Waals surface area contributed by atoms with Crippen LogP contribution in [0.5, 0.6) is 0 Å². The van der Waals surface area contributed by atoms with Crippen molar-refractivity contribution in [2.24, 2.45) is 14.1 Å². The fraction of sp³-hybridized carbons (Fsp3) is 0.310. The zero-order valence-corrected chi connectivity index (χ0v) is 29.2. The Morgan fingerprint density at radius 1 is 0.864 bits per heavy atom. The van der Waals surface area contributed by atoms with E-state index in [0.29, 0.717) is 34.6 Å². The van der Waals surface area contributed by atoms with Crippen molar-refractivity contribution >= 4 is 65.0 Å². The zero-order chi connectivity index (χ0) is 32.6. The van der Waals surface area contributed by atoms with Crippen LogP contribution in [-0.2, 0) is 41.5 Å². The maximum Gasteiger partial charge on any atom is 0.274 e. The number of pyridine rings is 4. The lowest BCUT2D eigenvalue weighted by Crippen LogP contribution is -2.25. The van der Waals surface area contributed by atoms with Crippen molar-refractivity contribution in [3.8, 4) is 0 Å². The van der Waals surface area contributed by atoms with Crippen LogP contribution in [0.25, 0.3) is 0 Å². The lowest BCUT2D eigenvalue weighted by Gasteiger charge is -2.20. The van der Waals surface area contributed by atoms with E-state index in [2.05, 4.69) is 82.4 Å². The molecule has 0 radical (unpaired) electrons. The van der Waals surface area contributed by atoms with Gasteiger partial charge in [0.05, 0.1) is 12.9 Å². The molecule has 0 aliphatic carbocycles. The molecule has 0 saturated heterocycles. The van der Waals surface area contributed by atoms with Gasteiger partial charge in [-0.3, -0.25) is 18.7 Å². The van der Waals surface area contributed by atoms with E-state index < -0.39 is 10.1 Å². The number of halogens is 2. The molecule has 12 nitrogen and oxygen atoms in total. The fourth-order valence-corrected chi connectivity index (χ4v) is 5.04. The summed E-state index contributed by atoms with van der Waals surface area (Å²) in [6.07, 6.45) is 7.69. The molecule has 44 heavy (non-hydrogen) atoms. The Bertz CT molecular complexity index is 1790. The first-order valence-electron chi connectivity index (χ1n) is 13.3. The molecule has 0 fully saturated rings. The van der Waals surface area contributed by atoms with Gasteiger partial charge in [-0.2, -0.15) is 8.42 Å². The molecule has 4 heterocycles. The number of nitrogens with zero attached hydrogens (tertiary/aromatic N) is 5. The summed E-state index contributed by atoms with van der Waals surface area (Å²) in [4.78, 5) is 34.8. The summed E-state index contributed by atoms with van der Waals surface area (Å²) in [5.74, 6) is 1.13. The van der Waals surface area contributed by atoms with E-state index in [1.54, 1.807) is 50.8 Å². The zero-order valence-electron chi connectivity index (χ0n) is 25.2. The topological polar surface area (TPSA) is 140 Å². The van der Waals surface area contributed by atoms with Gasteiger partial charge in [-0.1, -0.05) is 12.1 Å². The van der Waals surface area contributed by atoms with Crippen LogP contribution < -0.4 is 21.8 Å². The maximum atomic E-state index is 12.1. The molecule has 0 atom stereocenters. The maximum absolute atomic E-state index is 12.1. The Kier molecular flexibility index (Phi) is 12.4. The van der Waals surface area contributed by atoms with Gasteiger partial charge < -0.3 is 19.8 Å². The number of hydrogen-bond donors (Lipinski definition) is 2. The third-order valence-electron chi connectivity index (χ3n) is 6.23. The van der Waals surface area contributed by atoms with Gasteiger partial charge in [0.1, 0.15) is 23.0 Å². The first-order valence-corrected chi connectivity index (χ1v) is 16.7. The molecule has 4 aromatic rings. The van der Waals surface area contributed by atoms with Gasteiger partial charge in [0, 0.05) is 60.4 Å². The van der Waals surface area contributed by atoms with Crippen LogP contribution in [0.1, 0.15) is 25.0 Å². The van der Waals surface area contributed by atoms with Crippen LogP contribution in [0.3, 0.4) is 0 Å². The van der Waals surface area contributed by atoms with Crippen molar-refractivity contribution in [1.29, 1.82) is 0 Å². The summed E-state index contributed by atoms with van der Waals surface area (Å²) >= 11 is 6.70. The Morgan fingerprint density at radius 2 is 1.32 bits per heavy atom. The minimum atomic E-state index is -3.49. The molecule has 0 unspecified atom stereocenters. The Balaban J connectivity index is 0.000000240. The number of nitrogens with one attached hydrogen (secondary N) is 2. The second kappa shape index (κ2) is 15.6. The van der Waals surface area contributed by atoms with Crippen LogP contribution in [0.15, 0.2) is 79.7 Å². The smallest absolute Gasteiger partial charge is 0.274 e. The van der Waals surface area contributed by atoms with Crippen molar-refractivity contribution in [3.63, 3.8) is 0 Å². The third kappa shape index (κ3) is 11.0. The van der Waals surface area contributed by atoms with Gasteiger partial charge in [0.15, 0.2) is 0 Å². The van der Waals surface area contributed by atoms with E-state index >= 15 is 0 Å². The third-order valence-corrected chi connectivity index (χ3v) is 7.64. The van der Waals surface area contributed by atoms with E-state index in [0.717, 1.165) is 27.3 Å². The molecule has 0 bridgehead atoms. The standard InChI is InChI=1S/C16H21BrN4O.C13H14BrN3O4S/c1-11(2)20(3)9-12-5-6-15(18-8-12)19-14-7-13(17)10-21(4)16(14)22;1-17-7-10(14)5-11(13(17)18)16-12-4-3-9(6-15-12)8-21-22(2,19)20/h5-8,10-11H,9H2,1-4H3,(H,18,19);3-7H,8H2,1-2H3,(H,15,16). The SMILES string of the molecule is CC(C)N(C)Cc1ccc(Nc2cc(Br)cn(C)c2=O)nc1.Cn1cc(Br)cc(Nc2ccc(COS(C)(=O)=O)cn2)c1=O. The average Bonchev–Trinajstić information content (AvgIpc) is 2.94. The Morgan fingerprint density at radius 3 is 1.70 bits per heavy atom. The molecule has 4 aromatic heterocycles. The molecule has 0 spiro atoms. The molecule has 0 aromatic carbocycles. The predicted molar refractivity (Wildman–Crippen MR) is 180 cm³/mol. The number of rotatable bonds is 10. The minimum Gasteiger partial charge on any atom is -0.336 e. The van der Waals surface area contributed by atoms with E-state index in [1.807, 2.05) is 18.3 Å². The van der Waals surface area contributed by atoms with Gasteiger partial charge in [0.25, 0.3) is 21.2 Å². The van der Waals surface area contributed by atoms with Gasteiger partial charge in [-0.05, 0) is 88.1 Å². The van der Waals surface area contributed by atoms with Crippen LogP contribution in [0, 0.1) is 0 Å². The molecule has 0 aliphatic heterocycles. The van der Waals surface area contributed by atoms with Gasteiger partial charge >= 0.3 is 0 Å². The second-order valence-electron chi connectivity index (χ2n) is 10.3. The fourth-order valence-electron chi connectivity index (χ4n) is 3.62. The largest absolute Gasteiger partial charge is 0.336 e. The van der Waals surface area contributed by atoms with Crippen molar-refractivity contribution in [1.82, 2.24) is 24.0 Å². The van der Waals surface area contributed by atoms with E-state index in [1.165, 1.54) is 15.3 Å². The molecule has 15 heteroatoms. The first-order chi connectivity index (χ1) is 20.6. The summed E-state index contributed by atoms with van der Waals surface area (Å²) in [6, 6.07) is 11.1. The van der Waals surface area contributed by atoms with Crippen molar-refractivity contribution in [2.75, 3.05) is 23.9 Å². The van der Waals surface area contributed by atoms with Crippen LogP contribution >= 0.6 is 31.9 Å². The normalized spacial score (nSPS) is 11.3. The minimum absolute atomic E-state index is 0.0786. The number of aromatic nitrogens is 4. The average molecular weight is 754 g/mol. The molecular weight excluding hydrogens is 718 g/mol. The molecule has 2 N–H and O–H groups in total. The van der Waals surface area contributed by atoms with Gasteiger partial charge in [0.2, 0.25) is 0 Å². The summed E-state index contributed by atoms with van der Waals surface area (Å²) in [6.45, 7) is 5.09. The number of aryl methyl sites for hydroxylation is 2. The first kappa shape index (κ1) is 35.1. The molecule has 0 aliphatic rings. The van der Waals surface area contributed by atoms with Crippen molar-refractivity contribution in [3.05, 3.63) is 102 Å². The number of anilines is 4. The van der Waals surface area contributed by atoms with Crippen LogP contribution in [0.4, 0.5) is 23.0 Å². The van der Waals surface area contributed by atoms with E-state index in [4.69, 9.17) is 0 Å². The van der Waals surface area contributed by atoms with Crippen molar-refractivity contribution in [2.45, 2.75) is 33.0 Å². The summed E-state index contributed by atoms with van der Waals surface area (Å²) in [5.41, 5.74) is 2.35. The lowest BCUT2D eigenvalue weighted by atomic mass is 10.2. The van der Waals surface area contributed by atoms with Crippen LogP contribution in [0.2, 0.25) is 0 Å². The Hall–Kier alpha value is -3.37. The molecule has 4 rings (SSSR count). The van der Waals surface area contributed by atoms with E-state index in [9.17, 15) is 18.0 Å². The highest BCUT2D eigenvalue weighted by atomic mass is 79.9. The summed E-state index contributed by atoms with van der Waals surface area (Å²) in [7, 11) is 1.97. The van der Waals surface area contributed by atoms with Crippen LogP contribution in [-0.4, -0.2) is 51.8 Å². The van der Waals surface area contributed by atoms with Gasteiger partial charge in [-0.25, -0.2) is 9.97 Å². The van der Waals surface area contributed by atoms with Gasteiger partial charge in [-0.15, -0.1) is 0 Å². The van der Waals surface area contributed by atoms with E-state index in [-0.39, 0.29) is 17.7 Å². The predicted octanol–water partition coefficient (Wildman–Crippen LogP) is 4.89. The highest BCUT2D eigenvalue weighted by molar-refractivity contribution is 9.10. The number of hydrogen-bond acceptors (Lipinski definition) is 10. The summed E-state index contributed by atoms with van der Waals surface area (Å²) < 4.78 is 31.1. The lowest BCUT2D eigenvalue weighted by molar-refractivity contribution is 0.265. The molecule has 236 valence electrons. The molecule has 0 amide bonds. The van der Waals surface area contributed by atoms with Crippen molar-refractivity contribution < 1.29 is 12.6 Å². The monoisotopic (exact) mass is 751 g/mol. The highest BCUT2D eigenvalue weighted by Crippen LogP contribution is 2.18. The molecule has 0 saturated carbocycles. The molecular formula is C29H35Br2N7O5S. The quantitative estimate of drug-likeness (QED) is 0.215. The highest BCUT2D eigenvalue weighted by Gasteiger charge is 2.08. The Labute approximate surface area is 273 Å². The second-order valence-corrected chi connectivity index (χ2v) is 13.8. The summed E-state index contributed by atoms with van der Waals surface area (Å²) in [5, 5.41) is 5.99.